The number of hydrogen-bond acceptors (Lipinski definition) is 10. The topological polar surface area (TPSA) is 87.9 Å². The molecule has 0 amide bonds. The van der Waals surface area contributed by atoms with Crippen LogP contribution in [0.1, 0.15) is 11.1 Å². The van der Waals surface area contributed by atoms with Gasteiger partial charge in [0.25, 0.3) is 0 Å². The predicted octanol–water partition coefficient (Wildman–Crippen LogP) is 26.6. The molecule has 5 heterocycles. The van der Waals surface area contributed by atoms with Crippen molar-refractivity contribution in [2.24, 2.45) is 0 Å². The van der Waals surface area contributed by atoms with Crippen LogP contribution in [0, 0.1) is 11.6 Å². The van der Waals surface area contributed by atoms with Gasteiger partial charge in [0.05, 0.1) is 75.8 Å². The molecule has 0 unspecified atom stereocenters. The lowest BCUT2D eigenvalue weighted by Gasteiger charge is -2.33. The molecule has 22 rings (SSSR count). The highest BCUT2D eigenvalue weighted by Gasteiger charge is 2.31. The van der Waals surface area contributed by atoms with Crippen LogP contribution in [0.15, 0.2) is 419 Å². The Labute approximate surface area is 664 Å². The molecule has 0 saturated carbocycles. The Balaban J connectivity index is 0.000000152. The Morgan fingerprint density at radius 1 is 0.239 bits per heavy atom. The van der Waals surface area contributed by atoms with E-state index in [1.807, 2.05) is 36.0 Å². The summed E-state index contributed by atoms with van der Waals surface area (Å²) in [4.78, 5) is 15.0. The van der Waals surface area contributed by atoms with Crippen molar-refractivity contribution >= 4 is 150 Å². The molecule has 18 aromatic rings. The van der Waals surface area contributed by atoms with E-state index in [2.05, 4.69) is 297 Å². The van der Waals surface area contributed by atoms with Gasteiger partial charge in [-0.1, -0.05) is 175 Å². The van der Waals surface area contributed by atoms with Crippen molar-refractivity contribution in [3.05, 3.63) is 393 Å². The van der Waals surface area contributed by atoms with Crippen molar-refractivity contribution in [2.45, 2.75) is 55.4 Å². The highest BCUT2D eigenvalue weighted by atomic mass is 32.2. The minimum atomic E-state index is -3.85. The molecule has 4 aliphatic rings. The number of aromatic nitrogens is 2. The molecule has 0 bridgehead atoms. The quantitative estimate of drug-likeness (QED) is 0.130. The Morgan fingerprint density at radius 3 is 0.885 bits per heavy atom. The zero-order valence-corrected chi connectivity index (χ0v) is 64.2. The number of halogens is 2. The van der Waals surface area contributed by atoms with E-state index in [0.717, 1.165) is 120 Å². The number of anilines is 9. The Morgan fingerprint density at radius 2 is 0.513 bits per heavy atom. The Kier molecular flexibility index (Phi) is 17.4. The molecule has 3 aliphatic heterocycles. The summed E-state index contributed by atoms with van der Waals surface area (Å²) in [5.74, 6) is -1.02. The van der Waals surface area contributed by atoms with Gasteiger partial charge in [0.2, 0.25) is 19.7 Å². The Hall–Kier alpha value is -12.7. The summed E-state index contributed by atoms with van der Waals surface area (Å²) in [5.41, 5.74) is 22.1. The molecular formula is C97H63F2N5O4S5. The third kappa shape index (κ3) is 12.2. The summed E-state index contributed by atoms with van der Waals surface area (Å²) in [7, 11) is -7.55. The second-order valence-electron chi connectivity index (χ2n) is 27.8. The molecule has 16 aromatic carbocycles. The SMILES string of the molecule is O=S(=O)(c1ccc(-n2c3ccccc3c3cc(N4c5ccccc5Sc5ccccc54)ccc32)cc1)c1ccc(-n2c3ccccc3c3cc(N4c5ccccc5Sc5ccccc54)ccc32)cc1.O=S(=O)(c1ccc(F)cc1)c1ccc(F)cc1.c1ccc2c(c1)Cc1ccc(N3c4ccccc4Sc4ccccc43)cc1-2. The van der Waals surface area contributed by atoms with Crippen molar-refractivity contribution in [1.82, 2.24) is 9.13 Å². The van der Waals surface area contributed by atoms with Gasteiger partial charge in [0, 0.05) is 79.4 Å². The maximum atomic E-state index is 14.4. The molecule has 1 aliphatic carbocycles. The molecule has 0 fully saturated rings. The average Bonchev–Trinajstić information content (AvgIpc) is 1.68. The standard InChI is InChI=1S/C60H38N4O2S3.C25H17NS.C12H8F2O2S/c65-69(66,43-31-25-39(26-32-43)61-49-15-3-1-13-45(49)47-37-41(29-35-51(47)61)63-53-17-5-9-21-57(53)67-58-22-10-6-18-54(58)63)44-33-27-40(28-34-44)62-50-16-4-2-14-46(50)48-38-42(30-36-52(48)62)64-55-19-7-11-23-59(55)68-60-24-12-8-20-56(60)64;1-2-8-20-17(7-1)15-18-13-14-19(16-21(18)20)26-22-9-3-5-11-24(22)27-25-12-6-4-10-23(25)26;13-9-1-5-11(6-2-9)17(15,16)12-7-3-10(14)4-8-12/h1-38H;1-14,16H,15H2;1-8H. The molecule has 113 heavy (non-hydrogen) atoms. The van der Waals surface area contributed by atoms with Gasteiger partial charge in [-0.3, -0.25) is 0 Å². The second kappa shape index (κ2) is 28.3. The average molecular weight is 1560 g/mol. The van der Waals surface area contributed by atoms with Crippen molar-refractivity contribution in [2.75, 3.05) is 14.7 Å². The maximum Gasteiger partial charge on any atom is 0.206 e. The molecule has 2 aromatic heterocycles. The molecule has 0 atom stereocenters. The van der Waals surface area contributed by atoms with E-state index in [1.165, 1.54) is 93.0 Å². The zero-order valence-electron chi connectivity index (χ0n) is 60.1. The molecule has 0 spiro atoms. The van der Waals surface area contributed by atoms with Gasteiger partial charge in [-0.05, 0) is 259 Å². The Bertz CT molecular complexity index is 6640. The van der Waals surface area contributed by atoms with Crippen LogP contribution in [0.5, 0.6) is 0 Å². The first-order valence-corrected chi connectivity index (χ1v) is 42.3. The lowest BCUT2D eigenvalue weighted by molar-refractivity contribution is 0.592. The van der Waals surface area contributed by atoms with E-state index >= 15 is 0 Å². The summed E-state index contributed by atoms with van der Waals surface area (Å²) in [6.07, 6.45) is 1.04. The van der Waals surface area contributed by atoms with Crippen LogP contribution in [0.3, 0.4) is 0 Å². The number of fused-ring (bicyclic) bond motifs is 15. The number of hydrogen-bond donors (Lipinski definition) is 0. The number of para-hydroxylation sites is 8. The molecule has 0 N–H and O–H groups in total. The van der Waals surface area contributed by atoms with Gasteiger partial charge in [0.15, 0.2) is 0 Å². The maximum absolute atomic E-state index is 14.4. The second-order valence-corrected chi connectivity index (χ2v) is 35.0. The summed E-state index contributed by atoms with van der Waals surface area (Å²) in [6, 6.07) is 121. The highest BCUT2D eigenvalue weighted by Crippen LogP contribution is 2.56. The van der Waals surface area contributed by atoms with Gasteiger partial charge < -0.3 is 23.8 Å². The first kappa shape index (κ1) is 69.5. The van der Waals surface area contributed by atoms with Crippen LogP contribution in [0.4, 0.5) is 60.0 Å². The predicted molar refractivity (Wildman–Crippen MR) is 456 cm³/mol. The summed E-state index contributed by atoms with van der Waals surface area (Å²) >= 11 is 5.45. The van der Waals surface area contributed by atoms with E-state index in [4.69, 9.17) is 0 Å². The monoisotopic (exact) mass is 1560 g/mol. The van der Waals surface area contributed by atoms with E-state index in [1.54, 1.807) is 47.8 Å². The minimum absolute atomic E-state index is 0.0227. The largest absolute Gasteiger partial charge is 0.309 e. The first-order chi connectivity index (χ1) is 55.4. The van der Waals surface area contributed by atoms with Gasteiger partial charge in [-0.2, -0.15) is 0 Å². The highest BCUT2D eigenvalue weighted by molar-refractivity contribution is 8.00. The molecule has 16 heteroatoms. The lowest BCUT2D eigenvalue weighted by atomic mass is 10.0. The summed E-state index contributed by atoms with van der Waals surface area (Å²) in [6.45, 7) is 0. The normalized spacial score (nSPS) is 13.0. The minimum Gasteiger partial charge on any atom is -0.309 e. The number of nitrogens with zero attached hydrogens (tertiary/aromatic N) is 5. The van der Waals surface area contributed by atoms with E-state index in [-0.39, 0.29) is 19.6 Å². The summed E-state index contributed by atoms with van der Waals surface area (Å²) in [5, 5.41) is 4.49. The fourth-order valence-electron chi connectivity index (χ4n) is 16.0. The number of benzene rings is 16. The van der Waals surface area contributed by atoms with Crippen molar-refractivity contribution < 1.29 is 25.6 Å². The molecule has 9 nitrogen and oxygen atoms in total. The molecular weight excluding hydrogens is 1500 g/mol. The fraction of sp³-hybridized carbons (Fsp3) is 0.0103. The molecule has 0 saturated heterocycles. The molecule has 544 valence electrons. The van der Waals surface area contributed by atoms with Crippen LogP contribution in [0.2, 0.25) is 0 Å². The number of rotatable bonds is 9. The molecule has 0 radical (unpaired) electrons. The van der Waals surface area contributed by atoms with Gasteiger partial charge >= 0.3 is 0 Å². The van der Waals surface area contributed by atoms with E-state index in [9.17, 15) is 25.6 Å². The van der Waals surface area contributed by atoms with Gasteiger partial charge in [0.1, 0.15) is 11.6 Å². The zero-order chi connectivity index (χ0) is 76.1. The third-order valence-electron chi connectivity index (χ3n) is 21.2. The van der Waals surface area contributed by atoms with Crippen LogP contribution in [-0.2, 0) is 26.1 Å². The van der Waals surface area contributed by atoms with Crippen LogP contribution >= 0.6 is 35.3 Å². The fourth-order valence-corrected chi connectivity index (χ4v) is 21.7. The van der Waals surface area contributed by atoms with E-state index < -0.39 is 31.3 Å². The lowest BCUT2D eigenvalue weighted by Crippen LogP contribution is -2.14. The third-order valence-corrected chi connectivity index (χ3v) is 28.2. The van der Waals surface area contributed by atoms with Gasteiger partial charge in [-0.15, -0.1) is 0 Å². The van der Waals surface area contributed by atoms with Crippen molar-refractivity contribution in [3.8, 4) is 22.5 Å². The van der Waals surface area contributed by atoms with Crippen LogP contribution in [0.25, 0.3) is 66.1 Å². The van der Waals surface area contributed by atoms with Crippen molar-refractivity contribution in [1.29, 1.82) is 0 Å². The first-order valence-electron chi connectivity index (χ1n) is 36.8. The van der Waals surface area contributed by atoms with Crippen LogP contribution < -0.4 is 14.7 Å². The summed E-state index contributed by atoms with van der Waals surface area (Å²) < 4.78 is 82.6. The van der Waals surface area contributed by atoms with Gasteiger partial charge in [-0.25, -0.2) is 25.6 Å². The smallest absolute Gasteiger partial charge is 0.206 e. The van der Waals surface area contributed by atoms with E-state index in [0.29, 0.717) is 0 Å². The van der Waals surface area contributed by atoms with Crippen molar-refractivity contribution in [3.63, 3.8) is 0 Å². The van der Waals surface area contributed by atoms with Crippen LogP contribution in [-0.4, -0.2) is 26.0 Å². The number of sulfone groups is 2.